The number of aliphatic hydroxyl groups excluding tert-OH is 1. The van der Waals surface area contributed by atoms with Crippen LogP contribution < -0.4 is 9.46 Å². The first kappa shape index (κ1) is 35.7. The monoisotopic (exact) mass is 661 g/mol. The van der Waals surface area contributed by atoms with Gasteiger partial charge in [0.1, 0.15) is 5.75 Å². The minimum absolute atomic E-state index is 0.0438. The molecule has 0 saturated heterocycles. The van der Waals surface area contributed by atoms with E-state index in [1.165, 1.54) is 29.6 Å². The molecule has 0 bridgehead atoms. The van der Waals surface area contributed by atoms with Gasteiger partial charge in [0, 0.05) is 57.5 Å². The molecule has 2 heterocycles. The van der Waals surface area contributed by atoms with E-state index >= 15 is 0 Å². The van der Waals surface area contributed by atoms with Crippen LogP contribution in [0.2, 0.25) is 0 Å². The standard InChI is InChI=1S/C33H51N5O7S/c1-23-18-38(24(2)21-39)33(41)28-17-27(35-46(42,43)31-20-36(4)22-34-31)14-15-29(28)45-25(3)11-9-10-16-44-30(23)19-37(5)32(40)26-12-7-6-8-13-26/h14-15,17,20,22-26,30,35,39H,6-13,16,18-19,21H2,1-5H3/t23-,24-,25+,30-/m0/s1. The molecule has 46 heavy (non-hydrogen) atoms. The van der Waals surface area contributed by atoms with Gasteiger partial charge < -0.3 is 28.9 Å². The van der Waals surface area contributed by atoms with E-state index in [1.807, 2.05) is 20.9 Å². The van der Waals surface area contributed by atoms with Gasteiger partial charge in [0.2, 0.25) is 5.91 Å². The normalized spacial score (nSPS) is 23.1. The molecule has 4 atom stereocenters. The van der Waals surface area contributed by atoms with Gasteiger partial charge >= 0.3 is 0 Å². The van der Waals surface area contributed by atoms with Crippen molar-refractivity contribution in [2.45, 2.75) is 95.4 Å². The maximum atomic E-state index is 14.3. The molecule has 13 heteroatoms. The number of hydrogen-bond acceptors (Lipinski definition) is 8. The zero-order valence-corrected chi connectivity index (χ0v) is 28.7. The second-order valence-corrected chi connectivity index (χ2v) is 14.7. The number of amides is 2. The number of carbonyl (C=O) groups is 2. The number of likely N-dealkylation sites (N-methyl/N-ethyl adjacent to an activating group) is 1. The van der Waals surface area contributed by atoms with Crippen molar-refractivity contribution < 1.29 is 32.6 Å². The SMILES string of the molecule is C[C@@H]1CCCCO[C@@H](CN(C)C(=O)C2CCCCC2)[C@@H](C)CN([C@@H](C)CO)C(=O)c2cc(NS(=O)(=O)c3cn(C)cn3)ccc2O1. The summed E-state index contributed by atoms with van der Waals surface area (Å²) in [6, 6.07) is 4.09. The zero-order chi connectivity index (χ0) is 33.4. The van der Waals surface area contributed by atoms with Crippen molar-refractivity contribution in [2.75, 3.05) is 38.1 Å². The van der Waals surface area contributed by atoms with Crippen molar-refractivity contribution in [3.8, 4) is 5.75 Å². The number of nitrogens with zero attached hydrogens (tertiary/aromatic N) is 4. The van der Waals surface area contributed by atoms with Gasteiger partial charge in [-0.3, -0.25) is 14.3 Å². The van der Waals surface area contributed by atoms with Gasteiger partial charge in [-0.1, -0.05) is 26.2 Å². The first-order chi connectivity index (χ1) is 21.9. The molecule has 2 aliphatic rings. The minimum Gasteiger partial charge on any atom is -0.490 e. The predicted octanol–water partition coefficient (Wildman–Crippen LogP) is 4.06. The topological polar surface area (TPSA) is 143 Å². The highest BCUT2D eigenvalue weighted by atomic mass is 32.2. The molecule has 0 spiro atoms. The summed E-state index contributed by atoms with van der Waals surface area (Å²) in [6.07, 6.45) is 9.78. The summed E-state index contributed by atoms with van der Waals surface area (Å²) in [6.45, 7) is 6.59. The number of sulfonamides is 1. The lowest BCUT2D eigenvalue weighted by Gasteiger charge is -2.36. The molecular weight excluding hydrogens is 610 g/mol. The summed E-state index contributed by atoms with van der Waals surface area (Å²) in [5.74, 6) is -0.0632. The molecule has 2 N–H and O–H groups in total. The van der Waals surface area contributed by atoms with Crippen molar-refractivity contribution >= 4 is 27.5 Å². The molecule has 1 fully saturated rings. The molecule has 2 amide bonds. The molecule has 12 nitrogen and oxygen atoms in total. The molecule has 1 aliphatic carbocycles. The average Bonchev–Trinajstić information content (AvgIpc) is 3.49. The van der Waals surface area contributed by atoms with Crippen molar-refractivity contribution in [1.29, 1.82) is 0 Å². The van der Waals surface area contributed by atoms with Gasteiger partial charge in [-0.25, -0.2) is 4.98 Å². The van der Waals surface area contributed by atoms with Crippen LogP contribution in [0.1, 0.15) is 82.5 Å². The third kappa shape index (κ3) is 9.22. The van der Waals surface area contributed by atoms with E-state index in [-0.39, 0.29) is 59.4 Å². The van der Waals surface area contributed by atoms with Gasteiger partial charge in [-0.05, 0) is 64.2 Å². The molecule has 1 saturated carbocycles. The maximum absolute atomic E-state index is 14.3. The number of hydrogen-bond donors (Lipinski definition) is 2. The molecule has 2 aromatic rings. The van der Waals surface area contributed by atoms with E-state index in [9.17, 15) is 23.1 Å². The third-order valence-corrected chi connectivity index (χ3v) is 10.3. The van der Waals surface area contributed by atoms with Crippen LogP contribution in [0, 0.1) is 11.8 Å². The number of carbonyl (C=O) groups excluding carboxylic acids is 2. The van der Waals surface area contributed by atoms with Crippen LogP contribution in [-0.2, 0) is 26.6 Å². The highest BCUT2D eigenvalue weighted by molar-refractivity contribution is 7.92. The second-order valence-electron chi connectivity index (χ2n) is 13.0. The lowest BCUT2D eigenvalue weighted by Crippen LogP contribution is -2.48. The van der Waals surface area contributed by atoms with E-state index in [2.05, 4.69) is 9.71 Å². The average molecular weight is 662 g/mol. The number of anilines is 1. The molecule has 0 unspecified atom stereocenters. The second kappa shape index (κ2) is 16.1. The number of imidazole rings is 1. The van der Waals surface area contributed by atoms with Crippen LogP contribution in [0.25, 0.3) is 0 Å². The van der Waals surface area contributed by atoms with Crippen LogP contribution in [-0.4, -0.2) is 96.3 Å². The highest BCUT2D eigenvalue weighted by Crippen LogP contribution is 2.30. The van der Waals surface area contributed by atoms with Crippen molar-refractivity contribution in [2.24, 2.45) is 18.9 Å². The summed E-state index contributed by atoms with van der Waals surface area (Å²) in [5, 5.41) is 10.1. The Labute approximate surface area is 273 Å². The van der Waals surface area contributed by atoms with E-state index in [0.29, 0.717) is 18.9 Å². The van der Waals surface area contributed by atoms with Gasteiger partial charge in [-0.15, -0.1) is 0 Å². The Hall–Kier alpha value is -3.16. The molecule has 1 aromatic heterocycles. The Kier molecular flexibility index (Phi) is 12.5. The Morgan fingerprint density at radius 2 is 1.87 bits per heavy atom. The number of benzene rings is 1. The highest BCUT2D eigenvalue weighted by Gasteiger charge is 2.32. The lowest BCUT2D eigenvalue weighted by atomic mass is 9.88. The number of aliphatic hydroxyl groups is 1. The first-order valence-corrected chi connectivity index (χ1v) is 18.0. The number of aromatic nitrogens is 2. The van der Waals surface area contributed by atoms with Crippen molar-refractivity contribution in [1.82, 2.24) is 19.4 Å². The fourth-order valence-electron chi connectivity index (χ4n) is 6.20. The first-order valence-electron chi connectivity index (χ1n) is 16.5. The molecule has 4 rings (SSSR count). The molecule has 1 aromatic carbocycles. The number of aryl methyl sites for hydroxylation is 1. The molecule has 256 valence electrons. The number of nitrogens with one attached hydrogen (secondary N) is 1. The fraction of sp³-hybridized carbons (Fsp3) is 0.667. The number of rotatable bonds is 8. The maximum Gasteiger partial charge on any atom is 0.280 e. The summed E-state index contributed by atoms with van der Waals surface area (Å²) in [4.78, 5) is 35.0. The molecule has 1 aliphatic heterocycles. The van der Waals surface area contributed by atoms with Crippen molar-refractivity contribution in [3.63, 3.8) is 0 Å². The summed E-state index contributed by atoms with van der Waals surface area (Å²) < 4.78 is 42.8. The van der Waals surface area contributed by atoms with E-state index < -0.39 is 22.0 Å². The quantitative estimate of drug-likeness (QED) is 0.432. The lowest BCUT2D eigenvalue weighted by molar-refractivity contribution is -0.137. The minimum atomic E-state index is -4.01. The smallest absolute Gasteiger partial charge is 0.280 e. The summed E-state index contributed by atoms with van der Waals surface area (Å²) in [5.41, 5.74) is 0.364. The van der Waals surface area contributed by atoms with Crippen LogP contribution in [0.5, 0.6) is 5.75 Å². The van der Waals surface area contributed by atoms with Gasteiger partial charge in [-0.2, -0.15) is 8.42 Å². The van der Waals surface area contributed by atoms with Crippen LogP contribution in [0.4, 0.5) is 5.69 Å². The summed E-state index contributed by atoms with van der Waals surface area (Å²) >= 11 is 0. The van der Waals surface area contributed by atoms with Gasteiger partial charge in [0.15, 0.2) is 5.03 Å². The Morgan fingerprint density at radius 3 is 2.54 bits per heavy atom. The van der Waals surface area contributed by atoms with Crippen LogP contribution in [0.3, 0.4) is 0 Å². The third-order valence-electron chi connectivity index (χ3n) is 9.04. The Balaban J connectivity index is 1.63. The summed E-state index contributed by atoms with van der Waals surface area (Å²) in [7, 11) is -0.500. The predicted molar refractivity (Wildman–Crippen MR) is 175 cm³/mol. The zero-order valence-electron chi connectivity index (χ0n) is 27.9. The number of fused-ring (bicyclic) bond motifs is 1. The van der Waals surface area contributed by atoms with E-state index in [4.69, 9.17) is 9.47 Å². The Bertz CT molecular complexity index is 1430. The fourth-order valence-corrected chi connectivity index (χ4v) is 7.24. The number of ether oxygens (including phenoxy) is 2. The molecule has 0 radical (unpaired) electrons. The van der Waals surface area contributed by atoms with Gasteiger partial charge in [0.25, 0.3) is 15.9 Å². The largest absolute Gasteiger partial charge is 0.490 e. The van der Waals surface area contributed by atoms with Gasteiger partial charge in [0.05, 0.1) is 36.7 Å². The van der Waals surface area contributed by atoms with E-state index in [0.717, 1.165) is 44.9 Å². The Morgan fingerprint density at radius 1 is 1.15 bits per heavy atom. The van der Waals surface area contributed by atoms with Crippen LogP contribution >= 0.6 is 0 Å². The molecular formula is C33H51N5O7S. The van der Waals surface area contributed by atoms with E-state index in [1.54, 1.807) is 35.9 Å². The van der Waals surface area contributed by atoms with Crippen LogP contribution in [0.15, 0.2) is 35.7 Å². The van der Waals surface area contributed by atoms with Crippen molar-refractivity contribution in [3.05, 3.63) is 36.3 Å².